The predicted octanol–water partition coefficient (Wildman–Crippen LogP) is 2.08. The van der Waals surface area contributed by atoms with Gasteiger partial charge in [0.05, 0.1) is 5.92 Å². The van der Waals surface area contributed by atoms with Gasteiger partial charge in [-0.25, -0.2) is 4.79 Å². The SMILES string of the molecule is O=C(NCC(c1ccccc1)C(F)(F)F)[C@@H]1CC[C@H](C(=O)O)O1. The van der Waals surface area contributed by atoms with E-state index in [1.54, 1.807) is 6.07 Å². The zero-order valence-corrected chi connectivity index (χ0v) is 12.0. The molecule has 23 heavy (non-hydrogen) atoms. The van der Waals surface area contributed by atoms with Crippen molar-refractivity contribution in [1.29, 1.82) is 0 Å². The van der Waals surface area contributed by atoms with Crippen LogP contribution in [0.2, 0.25) is 0 Å². The van der Waals surface area contributed by atoms with Crippen LogP contribution >= 0.6 is 0 Å². The highest BCUT2D eigenvalue weighted by Gasteiger charge is 2.41. The molecule has 0 aliphatic carbocycles. The Morgan fingerprint density at radius 3 is 2.35 bits per heavy atom. The minimum atomic E-state index is -4.51. The van der Waals surface area contributed by atoms with Gasteiger partial charge in [0.2, 0.25) is 5.91 Å². The average molecular weight is 331 g/mol. The van der Waals surface area contributed by atoms with Gasteiger partial charge in [-0.2, -0.15) is 13.2 Å². The Balaban J connectivity index is 1.97. The van der Waals surface area contributed by atoms with E-state index < -0.39 is 42.7 Å². The number of hydrogen-bond acceptors (Lipinski definition) is 3. The normalized spacial score (nSPS) is 22.6. The van der Waals surface area contributed by atoms with E-state index in [-0.39, 0.29) is 18.4 Å². The summed E-state index contributed by atoms with van der Waals surface area (Å²) >= 11 is 0. The summed E-state index contributed by atoms with van der Waals surface area (Å²) < 4.78 is 44.4. The van der Waals surface area contributed by atoms with Crippen LogP contribution in [0, 0.1) is 0 Å². The number of rotatable bonds is 5. The summed E-state index contributed by atoms with van der Waals surface area (Å²) in [5, 5.41) is 11.0. The molecule has 0 radical (unpaired) electrons. The molecule has 5 nitrogen and oxygen atoms in total. The Morgan fingerprint density at radius 1 is 1.22 bits per heavy atom. The van der Waals surface area contributed by atoms with Gasteiger partial charge in [0.1, 0.15) is 6.10 Å². The minimum Gasteiger partial charge on any atom is -0.479 e. The Bertz CT molecular complexity index is 562. The molecule has 1 aromatic carbocycles. The molecular weight excluding hydrogens is 315 g/mol. The Hall–Kier alpha value is -2.09. The largest absolute Gasteiger partial charge is 0.479 e. The molecule has 0 bridgehead atoms. The standard InChI is InChI=1S/C15H16F3NO4/c16-15(17,18)10(9-4-2-1-3-5-9)8-19-13(20)11-6-7-12(23-11)14(21)22/h1-5,10-12H,6-8H2,(H,19,20)(H,21,22)/t10?,11-,12+/m0/s1. The number of ether oxygens (including phenoxy) is 1. The molecule has 0 spiro atoms. The molecule has 126 valence electrons. The second kappa shape index (κ2) is 6.99. The van der Waals surface area contributed by atoms with Crippen molar-refractivity contribution in [2.75, 3.05) is 6.54 Å². The Labute approximate surface area is 130 Å². The van der Waals surface area contributed by atoms with Crippen molar-refractivity contribution in [3.05, 3.63) is 35.9 Å². The first-order valence-corrected chi connectivity index (χ1v) is 7.06. The lowest BCUT2D eigenvalue weighted by molar-refractivity contribution is -0.153. The fraction of sp³-hybridized carbons (Fsp3) is 0.467. The second-order valence-corrected chi connectivity index (χ2v) is 5.28. The molecule has 1 unspecified atom stereocenters. The van der Waals surface area contributed by atoms with E-state index in [4.69, 9.17) is 9.84 Å². The van der Waals surface area contributed by atoms with Gasteiger partial charge in [-0.15, -0.1) is 0 Å². The van der Waals surface area contributed by atoms with Crippen LogP contribution in [0.3, 0.4) is 0 Å². The third-order valence-corrected chi connectivity index (χ3v) is 3.66. The van der Waals surface area contributed by atoms with Crippen LogP contribution in [0.5, 0.6) is 0 Å². The van der Waals surface area contributed by atoms with E-state index >= 15 is 0 Å². The number of alkyl halides is 3. The maximum absolute atomic E-state index is 13.1. The summed E-state index contributed by atoms with van der Waals surface area (Å²) in [7, 11) is 0. The quantitative estimate of drug-likeness (QED) is 0.866. The number of carboxylic acid groups (broad SMARTS) is 1. The molecule has 1 saturated heterocycles. The number of halogens is 3. The number of hydrogen-bond donors (Lipinski definition) is 2. The van der Waals surface area contributed by atoms with Crippen molar-refractivity contribution in [1.82, 2.24) is 5.32 Å². The van der Waals surface area contributed by atoms with Crippen LogP contribution in [0.4, 0.5) is 13.2 Å². The third-order valence-electron chi connectivity index (χ3n) is 3.66. The number of carbonyl (C=O) groups excluding carboxylic acids is 1. The van der Waals surface area contributed by atoms with Gasteiger partial charge in [-0.3, -0.25) is 4.79 Å². The third kappa shape index (κ3) is 4.44. The maximum atomic E-state index is 13.1. The first-order valence-electron chi connectivity index (χ1n) is 7.06. The van der Waals surface area contributed by atoms with E-state index in [0.717, 1.165) is 0 Å². The minimum absolute atomic E-state index is 0.0519. The van der Waals surface area contributed by atoms with Gasteiger partial charge in [0.15, 0.2) is 6.10 Å². The van der Waals surface area contributed by atoms with E-state index in [0.29, 0.717) is 0 Å². The van der Waals surface area contributed by atoms with E-state index in [2.05, 4.69) is 5.32 Å². The molecule has 2 N–H and O–H groups in total. The molecule has 8 heteroatoms. The molecule has 0 aromatic heterocycles. The topological polar surface area (TPSA) is 75.6 Å². The zero-order valence-electron chi connectivity index (χ0n) is 12.0. The van der Waals surface area contributed by atoms with E-state index in [9.17, 15) is 22.8 Å². The maximum Gasteiger partial charge on any atom is 0.397 e. The summed E-state index contributed by atoms with van der Waals surface area (Å²) in [6.07, 6.45) is -6.28. The molecule has 1 aliphatic heterocycles. The molecule has 2 rings (SSSR count). The molecule has 1 aliphatic rings. The smallest absolute Gasteiger partial charge is 0.397 e. The number of carbonyl (C=O) groups is 2. The fourth-order valence-corrected chi connectivity index (χ4v) is 2.44. The van der Waals surface area contributed by atoms with E-state index in [1.807, 2.05) is 0 Å². The Kier molecular flexibility index (Phi) is 5.25. The molecule has 3 atom stereocenters. The number of carboxylic acids is 1. The number of benzene rings is 1. The average Bonchev–Trinajstić information content (AvgIpc) is 2.97. The van der Waals surface area contributed by atoms with Gasteiger partial charge in [0, 0.05) is 6.54 Å². The van der Waals surface area contributed by atoms with Crippen molar-refractivity contribution < 1.29 is 32.6 Å². The van der Waals surface area contributed by atoms with Crippen LogP contribution in [-0.4, -0.2) is 41.9 Å². The van der Waals surface area contributed by atoms with Gasteiger partial charge < -0.3 is 15.2 Å². The molecule has 1 amide bonds. The first-order chi connectivity index (χ1) is 10.8. The summed E-state index contributed by atoms with van der Waals surface area (Å²) in [5.74, 6) is -3.74. The number of amides is 1. The summed E-state index contributed by atoms with van der Waals surface area (Å²) in [6, 6.07) is 7.28. The van der Waals surface area contributed by atoms with Gasteiger partial charge in [-0.05, 0) is 18.4 Å². The lowest BCUT2D eigenvalue weighted by Crippen LogP contribution is -2.40. The van der Waals surface area contributed by atoms with Crippen LogP contribution in [0.15, 0.2) is 30.3 Å². The highest BCUT2D eigenvalue weighted by atomic mass is 19.4. The predicted molar refractivity (Wildman–Crippen MR) is 73.8 cm³/mol. The van der Waals surface area contributed by atoms with Gasteiger partial charge in [0.25, 0.3) is 0 Å². The lowest BCUT2D eigenvalue weighted by Gasteiger charge is -2.22. The Morgan fingerprint density at radius 2 is 1.83 bits per heavy atom. The van der Waals surface area contributed by atoms with Crippen LogP contribution in [0.1, 0.15) is 24.3 Å². The summed E-state index contributed by atoms with van der Waals surface area (Å²) in [5.41, 5.74) is 0.0519. The molecule has 1 fully saturated rings. The van der Waals surface area contributed by atoms with Crippen molar-refractivity contribution in [3.63, 3.8) is 0 Å². The molecular formula is C15H16F3NO4. The lowest BCUT2D eigenvalue weighted by atomic mass is 9.98. The number of aliphatic carboxylic acids is 1. The zero-order chi connectivity index (χ0) is 17.0. The molecule has 0 saturated carbocycles. The number of nitrogens with one attached hydrogen (secondary N) is 1. The summed E-state index contributed by atoms with van der Waals surface area (Å²) in [6.45, 7) is -0.621. The monoisotopic (exact) mass is 331 g/mol. The molecule has 1 heterocycles. The second-order valence-electron chi connectivity index (χ2n) is 5.28. The van der Waals surface area contributed by atoms with Crippen molar-refractivity contribution in [3.8, 4) is 0 Å². The first kappa shape index (κ1) is 17.3. The van der Waals surface area contributed by atoms with Crippen LogP contribution in [-0.2, 0) is 14.3 Å². The van der Waals surface area contributed by atoms with E-state index in [1.165, 1.54) is 24.3 Å². The highest BCUT2D eigenvalue weighted by molar-refractivity contribution is 5.82. The van der Waals surface area contributed by atoms with Gasteiger partial charge in [-0.1, -0.05) is 30.3 Å². The van der Waals surface area contributed by atoms with Crippen LogP contribution in [0.25, 0.3) is 0 Å². The van der Waals surface area contributed by atoms with Crippen molar-refractivity contribution in [2.24, 2.45) is 0 Å². The van der Waals surface area contributed by atoms with Crippen molar-refractivity contribution in [2.45, 2.75) is 37.1 Å². The summed E-state index contributed by atoms with van der Waals surface area (Å²) in [4.78, 5) is 22.6. The van der Waals surface area contributed by atoms with Gasteiger partial charge >= 0.3 is 12.1 Å². The van der Waals surface area contributed by atoms with Crippen LogP contribution < -0.4 is 5.32 Å². The fourth-order valence-electron chi connectivity index (χ4n) is 2.44. The highest BCUT2D eigenvalue weighted by Crippen LogP contribution is 2.34. The van der Waals surface area contributed by atoms with Crippen molar-refractivity contribution >= 4 is 11.9 Å². The molecule has 1 aromatic rings.